The van der Waals surface area contributed by atoms with E-state index in [1.54, 1.807) is 0 Å². The summed E-state index contributed by atoms with van der Waals surface area (Å²) in [6.07, 6.45) is 2.58. The maximum Gasteiger partial charge on any atom is 0.138 e. The summed E-state index contributed by atoms with van der Waals surface area (Å²) in [4.78, 5) is 0. The Morgan fingerprint density at radius 1 is 1.80 bits per heavy atom. The van der Waals surface area contributed by atoms with Crippen LogP contribution in [0.5, 0.6) is 0 Å². The van der Waals surface area contributed by atoms with Crippen LogP contribution < -0.4 is 0 Å². The van der Waals surface area contributed by atoms with Gasteiger partial charge in [0.15, 0.2) is 0 Å². The Hall–Kier alpha value is -0.660. The third kappa shape index (κ3) is 0.210. The smallest absolute Gasteiger partial charge is 0.138 e. The number of nitrogens with zero attached hydrogens (tertiary/aromatic N) is 2. The van der Waals surface area contributed by atoms with Crippen molar-refractivity contribution in [3.63, 3.8) is 0 Å². The van der Waals surface area contributed by atoms with Crippen molar-refractivity contribution in [2.24, 2.45) is 10.2 Å². The van der Waals surface area contributed by atoms with Crippen LogP contribution in [0.1, 0.15) is 6.92 Å². The summed E-state index contributed by atoms with van der Waals surface area (Å²) in [5.74, 6) is 0. The second kappa shape index (κ2) is 0.641. The van der Waals surface area contributed by atoms with Gasteiger partial charge in [-0.1, -0.05) is 0 Å². The second-order valence-corrected chi connectivity index (χ2v) is 0.897. The molecule has 0 saturated carbocycles. The summed E-state index contributed by atoms with van der Waals surface area (Å²) in [7, 11) is 0. The van der Waals surface area contributed by atoms with E-state index in [4.69, 9.17) is 0 Å². The van der Waals surface area contributed by atoms with Crippen LogP contribution in [0.3, 0.4) is 0 Å². The van der Waals surface area contributed by atoms with Crippen molar-refractivity contribution in [3.8, 4) is 0 Å². The molecule has 0 unspecified atom stereocenters. The molecule has 0 amide bonds. The van der Waals surface area contributed by atoms with Crippen molar-refractivity contribution >= 4 is 11.9 Å². The van der Waals surface area contributed by atoms with Gasteiger partial charge in [0, 0.05) is 0 Å². The maximum atomic E-state index is 3.50. The summed E-state index contributed by atoms with van der Waals surface area (Å²) in [6.45, 7) is 1.85. The molecule has 0 aromatic heterocycles. The van der Waals surface area contributed by atoms with Gasteiger partial charge in [-0.15, -0.1) is 5.10 Å². The van der Waals surface area contributed by atoms with E-state index in [2.05, 4.69) is 16.4 Å². The average molecular weight is 67.1 g/mol. The number of hydrogen-bond acceptors (Lipinski definition) is 2. The summed E-state index contributed by atoms with van der Waals surface area (Å²) >= 11 is 0. The summed E-state index contributed by atoms with van der Waals surface area (Å²) in [5.41, 5.74) is 0.894. The number of rotatable bonds is 0. The maximum absolute atomic E-state index is 3.50. The molecular weight excluding hydrogens is 64.0 g/mol. The lowest BCUT2D eigenvalue weighted by atomic mass is 10.4. The first-order valence-corrected chi connectivity index (χ1v) is 1.40. The molecule has 0 bridgehead atoms. The molecule has 1 rings (SSSR count). The highest BCUT2D eigenvalue weighted by atomic mass is 15.2. The first kappa shape index (κ1) is 2.57. The highest BCUT2D eigenvalue weighted by Gasteiger charge is 1.89. The lowest BCUT2D eigenvalue weighted by Gasteiger charge is -1.88. The van der Waals surface area contributed by atoms with Gasteiger partial charge < -0.3 is 0 Å². The van der Waals surface area contributed by atoms with Crippen molar-refractivity contribution in [2.75, 3.05) is 0 Å². The average Bonchev–Trinajstić information content (AvgIpc) is 1.30. The van der Waals surface area contributed by atoms with Gasteiger partial charge in [0.1, 0.15) is 6.21 Å². The van der Waals surface area contributed by atoms with Gasteiger partial charge in [-0.3, -0.25) is 0 Å². The van der Waals surface area contributed by atoms with E-state index in [0.717, 1.165) is 5.71 Å². The topological polar surface area (TPSA) is 24.7 Å². The van der Waals surface area contributed by atoms with Crippen LogP contribution in [0.4, 0.5) is 0 Å². The molecule has 0 atom stereocenters. The molecular formula is C3H3N2. The molecule has 0 saturated heterocycles. The normalized spacial score (nSPS) is 17.4. The zero-order chi connectivity index (χ0) is 3.70. The minimum Gasteiger partial charge on any atom is -0.153 e. The zero-order valence-corrected chi connectivity index (χ0v) is 2.89. The van der Waals surface area contributed by atoms with Gasteiger partial charge in [-0.2, -0.15) is 5.10 Å². The first-order valence-electron chi connectivity index (χ1n) is 1.40. The quantitative estimate of drug-likeness (QED) is 0.390. The largest absolute Gasteiger partial charge is 0.153 e. The SMILES string of the molecule is CC1=NN=[C]1. The molecule has 1 heterocycles. The van der Waals surface area contributed by atoms with E-state index >= 15 is 0 Å². The van der Waals surface area contributed by atoms with E-state index in [1.165, 1.54) is 0 Å². The molecule has 2 nitrogen and oxygen atoms in total. The molecule has 0 fully saturated rings. The predicted molar refractivity (Wildman–Crippen MR) is 20.5 cm³/mol. The molecule has 1 aliphatic rings. The van der Waals surface area contributed by atoms with Crippen molar-refractivity contribution in [1.29, 1.82) is 0 Å². The molecule has 25 valence electrons. The fourth-order valence-electron chi connectivity index (χ4n) is 0.150. The summed E-state index contributed by atoms with van der Waals surface area (Å²) in [6, 6.07) is 0. The van der Waals surface area contributed by atoms with Gasteiger partial charge in [0.25, 0.3) is 0 Å². The molecule has 2 heteroatoms. The lowest BCUT2D eigenvalue weighted by molar-refractivity contribution is 1.22. The fraction of sp³-hybridized carbons (Fsp3) is 0.333. The van der Waals surface area contributed by atoms with Crippen LogP contribution >= 0.6 is 0 Å². The van der Waals surface area contributed by atoms with Crippen LogP contribution in [0.25, 0.3) is 0 Å². The van der Waals surface area contributed by atoms with Crippen LogP contribution in [0.2, 0.25) is 0 Å². The van der Waals surface area contributed by atoms with Crippen LogP contribution in [0, 0.1) is 0 Å². The molecule has 0 N–H and O–H groups in total. The monoisotopic (exact) mass is 67.0 g/mol. The fourth-order valence-corrected chi connectivity index (χ4v) is 0.150. The highest BCUT2D eigenvalue weighted by Crippen LogP contribution is 1.83. The standard InChI is InChI=1S/C3H3N2/c1-3-2-4-5-3/h1H3. The minimum atomic E-state index is 0.894. The van der Waals surface area contributed by atoms with E-state index in [9.17, 15) is 0 Å². The Bertz CT molecular complexity index is 91.1. The van der Waals surface area contributed by atoms with Crippen LogP contribution in [-0.2, 0) is 0 Å². The Balaban J connectivity index is 2.60. The lowest BCUT2D eigenvalue weighted by Crippen LogP contribution is -1.97. The molecule has 1 radical (unpaired) electrons. The Kier molecular flexibility index (Phi) is 0.330. The Morgan fingerprint density at radius 3 is 2.20 bits per heavy atom. The summed E-state index contributed by atoms with van der Waals surface area (Å²) < 4.78 is 0. The molecule has 5 heavy (non-hydrogen) atoms. The molecule has 0 spiro atoms. The molecule has 0 aromatic rings. The second-order valence-electron chi connectivity index (χ2n) is 0.897. The van der Waals surface area contributed by atoms with E-state index in [0.29, 0.717) is 0 Å². The van der Waals surface area contributed by atoms with Gasteiger partial charge in [-0.25, -0.2) is 0 Å². The third-order valence-electron chi connectivity index (χ3n) is 0.412. The summed E-state index contributed by atoms with van der Waals surface area (Å²) in [5, 5.41) is 6.84. The highest BCUT2D eigenvalue weighted by molar-refractivity contribution is 6.32. The predicted octanol–water partition coefficient (Wildman–Crippen LogP) is 0.324. The number of hydrogen-bond donors (Lipinski definition) is 0. The zero-order valence-electron chi connectivity index (χ0n) is 2.89. The van der Waals surface area contributed by atoms with Crippen molar-refractivity contribution in [2.45, 2.75) is 6.92 Å². The van der Waals surface area contributed by atoms with Gasteiger partial charge in [0.05, 0.1) is 5.71 Å². The van der Waals surface area contributed by atoms with Crippen molar-refractivity contribution < 1.29 is 0 Å². The molecule has 0 aromatic carbocycles. The van der Waals surface area contributed by atoms with Gasteiger partial charge in [0.2, 0.25) is 0 Å². The van der Waals surface area contributed by atoms with Crippen molar-refractivity contribution in [1.82, 2.24) is 0 Å². The van der Waals surface area contributed by atoms with Crippen LogP contribution in [0.15, 0.2) is 10.2 Å². The first-order chi connectivity index (χ1) is 2.39. The van der Waals surface area contributed by atoms with Gasteiger partial charge in [-0.05, 0) is 6.92 Å². The molecule has 1 aliphatic heterocycles. The van der Waals surface area contributed by atoms with Crippen LogP contribution in [-0.4, -0.2) is 11.9 Å². The Labute approximate surface area is 30.2 Å². The van der Waals surface area contributed by atoms with Gasteiger partial charge >= 0.3 is 0 Å². The van der Waals surface area contributed by atoms with E-state index in [1.807, 2.05) is 6.92 Å². The van der Waals surface area contributed by atoms with E-state index in [-0.39, 0.29) is 0 Å². The van der Waals surface area contributed by atoms with E-state index < -0.39 is 0 Å². The van der Waals surface area contributed by atoms with Crippen molar-refractivity contribution in [3.05, 3.63) is 0 Å². The molecule has 0 aliphatic carbocycles. The Morgan fingerprint density at radius 2 is 2.20 bits per heavy atom. The third-order valence-corrected chi connectivity index (χ3v) is 0.412. The minimum absolute atomic E-state index is 0.894.